The van der Waals surface area contributed by atoms with Crippen LogP contribution in [0.25, 0.3) is 10.8 Å². The fourth-order valence-corrected chi connectivity index (χ4v) is 2.45. The van der Waals surface area contributed by atoms with Gasteiger partial charge in [-0.15, -0.1) is 0 Å². The standard InChI is InChI=1S/C19H19NO3/c1-13-7-10-18(23-13)14(2)20-19(21)12-22-17-9-8-15-5-3-4-6-16(15)11-17/h3-11,14H,12H2,1-2H3,(H,20,21). The number of hydrogen-bond acceptors (Lipinski definition) is 3. The van der Waals surface area contributed by atoms with E-state index < -0.39 is 0 Å². The zero-order valence-electron chi connectivity index (χ0n) is 13.2. The minimum Gasteiger partial charge on any atom is -0.484 e. The second kappa shape index (κ2) is 6.57. The lowest BCUT2D eigenvalue weighted by Gasteiger charge is -2.12. The lowest BCUT2D eigenvalue weighted by atomic mass is 10.1. The van der Waals surface area contributed by atoms with E-state index >= 15 is 0 Å². The number of rotatable bonds is 5. The number of aryl methyl sites for hydroxylation is 1. The van der Waals surface area contributed by atoms with Crippen molar-refractivity contribution in [1.82, 2.24) is 5.32 Å². The first-order valence-electron chi connectivity index (χ1n) is 7.59. The number of hydrogen-bond donors (Lipinski definition) is 1. The van der Waals surface area contributed by atoms with Crippen molar-refractivity contribution in [3.05, 3.63) is 66.1 Å². The maximum absolute atomic E-state index is 12.0. The summed E-state index contributed by atoms with van der Waals surface area (Å²) in [4.78, 5) is 12.0. The maximum Gasteiger partial charge on any atom is 0.258 e. The molecule has 0 bridgehead atoms. The molecule has 4 heteroatoms. The molecule has 0 aliphatic carbocycles. The summed E-state index contributed by atoms with van der Waals surface area (Å²) in [6, 6.07) is 17.4. The third-order valence-electron chi connectivity index (χ3n) is 3.66. The van der Waals surface area contributed by atoms with Crippen LogP contribution in [0.1, 0.15) is 24.5 Å². The smallest absolute Gasteiger partial charge is 0.258 e. The Hall–Kier alpha value is -2.75. The van der Waals surface area contributed by atoms with Gasteiger partial charge in [-0.2, -0.15) is 0 Å². The molecular formula is C19H19NO3. The van der Waals surface area contributed by atoms with Gasteiger partial charge in [-0.3, -0.25) is 4.79 Å². The number of carbonyl (C=O) groups is 1. The molecule has 1 amide bonds. The summed E-state index contributed by atoms with van der Waals surface area (Å²) in [6.07, 6.45) is 0. The Bertz CT molecular complexity index is 822. The quantitative estimate of drug-likeness (QED) is 0.775. The van der Waals surface area contributed by atoms with E-state index in [4.69, 9.17) is 9.15 Å². The van der Waals surface area contributed by atoms with Crippen molar-refractivity contribution >= 4 is 16.7 Å². The van der Waals surface area contributed by atoms with Crippen LogP contribution in [0.3, 0.4) is 0 Å². The Kier molecular flexibility index (Phi) is 4.33. The second-order valence-corrected chi connectivity index (χ2v) is 5.54. The minimum atomic E-state index is -0.184. The van der Waals surface area contributed by atoms with Gasteiger partial charge >= 0.3 is 0 Å². The predicted molar refractivity (Wildman–Crippen MR) is 89.4 cm³/mol. The first-order valence-corrected chi connectivity index (χ1v) is 7.59. The Morgan fingerprint density at radius 2 is 1.91 bits per heavy atom. The van der Waals surface area contributed by atoms with E-state index in [0.29, 0.717) is 5.75 Å². The summed E-state index contributed by atoms with van der Waals surface area (Å²) in [5.74, 6) is 2.06. The molecule has 0 aliphatic rings. The highest BCUT2D eigenvalue weighted by Gasteiger charge is 2.13. The molecular weight excluding hydrogens is 290 g/mol. The molecule has 1 atom stereocenters. The van der Waals surface area contributed by atoms with Crippen LogP contribution >= 0.6 is 0 Å². The molecule has 0 saturated heterocycles. The highest BCUT2D eigenvalue weighted by atomic mass is 16.5. The second-order valence-electron chi connectivity index (χ2n) is 5.54. The Morgan fingerprint density at radius 1 is 1.13 bits per heavy atom. The van der Waals surface area contributed by atoms with Crippen molar-refractivity contribution in [1.29, 1.82) is 0 Å². The fourth-order valence-electron chi connectivity index (χ4n) is 2.45. The van der Waals surface area contributed by atoms with Crippen LogP contribution in [0.2, 0.25) is 0 Å². The van der Waals surface area contributed by atoms with E-state index in [1.165, 1.54) is 0 Å². The Balaban J connectivity index is 1.57. The molecule has 0 radical (unpaired) electrons. The molecule has 3 rings (SSSR count). The molecule has 1 aromatic heterocycles. The summed E-state index contributed by atoms with van der Waals surface area (Å²) in [6.45, 7) is 3.73. The lowest BCUT2D eigenvalue weighted by molar-refractivity contribution is -0.123. The molecule has 1 unspecified atom stereocenters. The van der Waals surface area contributed by atoms with Gasteiger partial charge in [0.2, 0.25) is 0 Å². The van der Waals surface area contributed by atoms with Crippen molar-refractivity contribution in [3.8, 4) is 5.75 Å². The van der Waals surface area contributed by atoms with Gasteiger partial charge in [0.05, 0.1) is 6.04 Å². The number of carbonyl (C=O) groups excluding carboxylic acids is 1. The molecule has 0 fully saturated rings. The molecule has 1 heterocycles. The van der Waals surface area contributed by atoms with Gasteiger partial charge in [-0.05, 0) is 48.9 Å². The monoisotopic (exact) mass is 309 g/mol. The SMILES string of the molecule is Cc1ccc(C(C)NC(=O)COc2ccc3ccccc3c2)o1. The first kappa shape index (κ1) is 15.2. The van der Waals surface area contributed by atoms with Crippen LogP contribution in [0.5, 0.6) is 5.75 Å². The van der Waals surface area contributed by atoms with E-state index in [1.807, 2.05) is 68.4 Å². The summed E-state index contributed by atoms with van der Waals surface area (Å²) < 4.78 is 11.1. The van der Waals surface area contributed by atoms with E-state index in [0.717, 1.165) is 22.3 Å². The van der Waals surface area contributed by atoms with E-state index in [1.54, 1.807) is 0 Å². The highest BCUT2D eigenvalue weighted by Crippen LogP contribution is 2.20. The van der Waals surface area contributed by atoms with Gasteiger partial charge in [0.15, 0.2) is 6.61 Å². The zero-order valence-corrected chi connectivity index (χ0v) is 13.2. The summed E-state index contributed by atoms with van der Waals surface area (Å²) >= 11 is 0. The third kappa shape index (κ3) is 3.72. The molecule has 23 heavy (non-hydrogen) atoms. The number of amides is 1. The van der Waals surface area contributed by atoms with E-state index in [9.17, 15) is 4.79 Å². The number of nitrogens with one attached hydrogen (secondary N) is 1. The van der Waals surface area contributed by atoms with Gasteiger partial charge in [-0.25, -0.2) is 0 Å². The average Bonchev–Trinajstić information content (AvgIpc) is 2.99. The van der Waals surface area contributed by atoms with Crippen molar-refractivity contribution in [2.45, 2.75) is 19.9 Å². The van der Waals surface area contributed by atoms with Gasteiger partial charge in [0, 0.05) is 0 Å². The van der Waals surface area contributed by atoms with Crippen molar-refractivity contribution in [2.24, 2.45) is 0 Å². The van der Waals surface area contributed by atoms with Crippen LogP contribution in [-0.4, -0.2) is 12.5 Å². The van der Waals surface area contributed by atoms with Crippen LogP contribution in [-0.2, 0) is 4.79 Å². The fraction of sp³-hybridized carbons (Fsp3) is 0.211. The molecule has 0 aliphatic heterocycles. The van der Waals surface area contributed by atoms with Crippen LogP contribution < -0.4 is 10.1 Å². The lowest BCUT2D eigenvalue weighted by Crippen LogP contribution is -2.31. The van der Waals surface area contributed by atoms with E-state index in [-0.39, 0.29) is 18.6 Å². The first-order chi connectivity index (χ1) is 11.1. The number of furan rings is 1. The van der Waals surface area contributed by atoms with Crippen molar-refractivity contribution in [3.63, 3.8) is 0 Å². The van der Waals surface area contributed by atoms with Crippen LogP contribution in [0.4, 0.5) is 0 Å². The predicted octanol–water partition coefficient (Wildman–Crippen LogP) is 4.00. The number of benzene rings is 2. The average molecular weight is 309 g/mol. The summed E-state index contributed by atoms with van der Waals surface area (Å²) in [5, 5.41) is 5.09. The largest absolute Gasteiger partial charge is 0.484 e. The topological polar surface area (TPSA) is 51.5 Å². The number of fused-ring (bicyclic) bond motifs is 1. The molecule has 3 aromatic rings. The molecule has 118 valence electrons. The van der Waals surface area contributed by atoms with Gasteiger partial charge < -0.3 is 14.5 Å². The molecule has 4 nitrogen and oxygen atoms in total. The Labute approximate surface area is 135 Å². The minimum absolute atomic E-state index is 0.0254. The number of ether oxygens (including phenoxy) is 1. The molecule has 0 saturated carbocycles. The van der Waals surface area contributed by atoms with Crippen LogP contribution in [0, 0.1) is 6.92 Å². The summed E-state index contributed by atoms with van der Waals surface area (Å²) in [5.41, 5.74) is 0. The van der Waals surface area contributed by atoms with Crippen molar-refractivity contribution in [2.75, 3.05) is 6.61 Å². The third-order valence-corrected chi connectivity index (χ3v) is 3.66. The van der Waals surface area contributed by atoms with Gasteiger partial charge in [-0.1, -0.05) is 30.3 Å². The normalized spacial score (nSPS) is 12.1. The molecule has 1 N–H and O–H groups in total. The van der Waals surface area contributed by atoms with Crippen molar-refractivity contribution < 1.29 is 13.9 Å². The highest BCUT2D eigenvalue weighted by molar-refractivity contribution is 5.84. The summed E-state index contributed by atoms with van der Waals surface area (Å²) in [7, 11) is 0. The maximum atomic E-state index is 12.0. The Morgan fingerprint density at radius 3 is 2.65 bits per heavy atom. The van der Waals surface area contributed by atoms with Crippen LogP contribution in [0.15, 0.2) is 59.0 Å². The van der Waals surface area contributed by atoms with Gasteiger partial charge in [0.1, 0.15) is 17.3 Å². The van der Waals surface area contributed by atoms with Gasteiger partial charge in [0.25, 0.3) is 5.91 Å². The van der Waals surface area contributed by atoms with E-state index in [2.05, 4.69) is 5.32 Å². The molecule has 0 spiro atoms. The zero-order chi connectivity index (χ0) is 16.2. The molecule has 2 aromatic carbocycles.